The van der Waals surface area contributed by atoms with Crippen LogP contribution in [0.25, 0.3) is 0 Å². The maximum absolute atomic E-state index is 11.8. The molecule has 3 heteroatoms. The van der Waals surface area contributed by atoms with E-state index in [0.29, 0.717) is 0 Å². The van der Waals surface area contributed by atoms with Crippen LogP contribution in [0.1, 0.15) is 27.2 Å². The van der Waals surface area contributed by atoms with Gasteiger partial charge in [0, 0.05) is 18.6 Å². The molecular weight excluding hydrogens is 176 g/mol. The molecule has 0 aromatic rings. The van der Waals surface area contributed by atoms with Crippen molar-refractivity contribution < 1.29 is 4.79 Å². The molecule has 0 fully saturated rings. The number of nitrogens with one attached hydrogen (secondary N) is 2. The zero-order valence-electron chi connectivity index (χ0n) is 9.21. The summed E-state index contributed by atoms with van der Waals surface area (Å²) >= 11 is 0. The van der Waals surface area contributed by atoms with E-state index >= 15 is 0 Å². The average Bonchev–Trinajstić information content (AvgIpc) is 2.28. The van der Waals surface area contributed by atoms with E-state index in [1.165, 1.54) is 0 Å². The van der Waals surface area contributed by atoms with Crippen LogP contribution in [0.4, 0.5) is 0 Å². The van der Waals surface area contributed by atoms with E-state index in [-0.39, 0.29) is 23.9 Å². The van der Waals surface area contributed by atoms with E-state index in [0.717, 1.165) is 13.0 Å². The molecule has 1 heterocycles. The predicted molar refractivity (Wildman–Crippen MR) is 58.0 cm³/mol. The van der Waals surface area contributed by atoms with Gasteiger partial charge in [0.15, 0.2) is 0 Å². The molecule has 0 saturated carbocycles. The Morgan fingerprint density at radius 2 is 2.21 bits per heavy atom. The average molecular weight is 196 g/mol. The van der Waals surface area contributed by atoms with Crippen molar-refractivity contribution in [2.75, 3.05) is 6.54 Å². The minimum absolute atomic E-state index is 0.0659. The number of hydrogen-bond donors (Lipinski definition) is 2. The molecule has 0 unspecified atom stereocenters. The zero-order valence-corrected chi connectivity index (χ0v) is 9.21. The van der Waals surface area contributed by atoms with Gasteiger partial charge in [0.1, 0.15) is 0 Å². The SMILES string of the molecule is CC(C)NC(=O)[C@H]1CC=CCN[C@@H]1C. The third-order valence-corrected chi connectivity index (χ3v) is 2.49. The number of hydrogen-bond acceptors (Lipinski definition) is 2. The summed E-state index contributed by atoms with van der Waals surface area (Å²) in [6, 6.07) is 0.477. The first kappa shape index (κ1) is 11.2. The molecule has 0 spiro atoms. The fourth-order valence-electron chi connectivity index (χ4n) is 1.65. The van der Waals surface area contributed by atoms with Crippen LogP contribution >= 0.6 is 0 Å². The summed E-state index contributed by atoms with van der Waals surface area (Å²) in [5.41, 5.74) is 0. The minimum Gasteiger partial charge on any atom is -0.354 e. The summed E-state index contributed by atoms with van der Waals surface area (Å²) in [6.45, 7) is 6.91. The number of allylic oxidation sites excluding steroid dienone is 1. The molecule has 0 aromatic carbocycles. The van der Waals surface area contributed by atoms with Crippen molar-refractivity contribution in [1.82, 2.24) is 10.6 Å². The van der Waals surface area contributed by atoms with Crippen LogP contribution in [0.15, 0.2) is 12.2 Å². The van der Waals surface area contributed by atoms with E-state index in [4.69, 9.17) is 0 Å². The molecular formula is C11H20N2O. The van der Waals surface area contributed by atoms with Gasteiger partial charge in [-0.3, -0.25) is 4.79 Å². The molecule has 0 aliphatic carbocycles. The highest BCUT2D eigenvalue weighted by molar-refractivity contribution is 5.79. The van der Waals surface area contributed by atoms with Crippen LogP contribution in [0.5, 0.6) is 0 Å². The maximum Gasteiger partial charge on any atom is 0.225 e. The van der Waals surface area contributed by atoms with Gasteiger partial charge < -0.3 is 10.6 Å². The van der Waals surface area contributed by atoms with Gasteiger partial charge in [-0.25, -0.2) is 0 Å². The van der Waals surface area contributed by atoms with Gasteiger partial charge >= 0.3 is 0 Å². The van der Waals surface area contributed by atoms with Crippen LogP contribution < -0.4 is 10.6 Å². The van der Waals surface area contributed by atoms with E-state index in [2.05, 4.69) is 29.7 Å². The third kappa shape index (κ3) is 3.14. The van der Waals surface area contributed by atoms with Gasteiger partial charge in [0.25, 0.3) is 0 Å². The zero-order chi connectivity index (χ0) is 10.6. The molecule has 0 radical (unpaired) electrons. The molecule has 3 nitrogen and oxygen atoms in total. The van der Waals surface area contributed by atoms with Crippen molar-refractivity contribution in [1.29, 1.82) is 0 Å². The van der Waals surface area contributed by atoms with Gasteiger partial charge in [0.05, 0.1) is 5.92 Å². The summed E-state index contributed by atoms with van der Waals surface area (Å²) in [5, 5.41) is 6.26. The monoisotopic (exact) mass is 196 g/mol. The van der Waals surface area contributed by atoms with Crippen LogP contribution in [0.2, 0.25) is 0 Å². The summed E-state index contributed by atoms with van der Waals surface area (Å²) in [5.74, 6) is 0.225. The van der Waals surface area contributed by atoms with E-state index in [1.807, 2.05) is 13.8 Å². The van der Waals surface area contributed by atoms with Gasteiger partial charge in [-0.1, -0.05) is 12.2 Å². The Morgan fingerprint density at radius 3 is 2.86 bits per heavy atom. The Balaban J connectivity index is 2.55. The highest BCUT2D eigenvalue weighted by Crippen LogP contribution is 2.12. The highest BCUT2D eigenvalue weighted by Gasteiger charge is 2.24. The highest BCUT2D eigenvalue weighted by atomic mass is 16.2. The molecule has 80 valence electrons. The molecule has 1 amide bonds. The smallest absolute Gasteiger partial charge is 0.225 e. The number of rotatable bonds is 2. The Labute approximate surface area is 86.0 Å². The minimum atomic E-state index is 0.0659. The largest absolute Gasteiger partial charge is 0.354 e. The molecule has 2 atom stereocenters. The van der Waals surface area contributed by atoms with Crippen molar-refractivity contribution in [3.8, 4) is 0 Å². The number of carbonyl (C=O) groups is 1. The first-order chi connectivity index (χ1) is 6.61. The Kier molecular flexibility index (Phi) is 4.14. The standard InChI is InChI=1S/C11H20N2O/c1-8(2)13-11(14)10-6-4-5-7-12-9(10)3/h4-5,8-10,12H,6-7H2,1-3H3,(H,13,14)/t9-,10+/m1/s1. The van der Waals surface area contributed by atoms with E-state index < -0.39 is 0 Å². The first-order valence-electron chi connectivity index (χ1n) is 5.30. The van der Waals surface area contributed by atoms with Gasteiger partial charge in [-0.15, -0.1) is 0 Å². The van der Waals surface area contributed by atoms with E-state index in [9.17, 15) is 4.79 Å². The fourth-order valence-corrected chi connectivity index (χ4v) is 1.65. The first-order valence-corrected chi connectivity index (χ1v) is 5.30. The molecule has 0 saturated heterocycles. The molecule has 1 rings (SSSR count). The third-order valence-electron chi connectivity index (χ3n) is 2.49. The van der Waals surface area contributed by atoms with Gasteiger partial charge in [-0.05, 0) is 27.2 Å². The normalized spacial score (nSPS) is 27.4. The number of amides is 1. The van der Waals surface area contributed by atoms with Crippen molar-refractivity contribution in [3.05, 3.63) is 12.2 Å². The van der Waals surface area contributed by atoms with Crippen LogP contribution in [-0.4, -0.2) is 24.5 Å². The Morgan fingerprint density at radius 1 is 1.50 bits per heavy atom. The Bertz CT molecular complexity index is 223. The Hall–Kier alpha value is -0.830. The fraction of sp³-hybridized carbons (Fsp3) is 0.727. The summed E-state index contributed by atoms with van der Waals surface area (Å²) < 4.78 is 0. The van der Waals surface area contributed by atoms with Crippen molar-refractivity contribution in [2.24, 2.45) is 5.92 Å². The van der Waals surface area contributed by atoms with Crippen molar-refractivity contribution >= 4 is 5.91 Å². The second kappa shape index (κ2) is 5.15. The lowest BCUT2D eigenvalue weighted by molar-refractivity contribution is -0.126. The van der Waals surface area contributed by atoms with Gasteiger partial charge in [0.2, 0.25) is 5.91 Å². The summed E-state index contributed by atoms with van der Waals surface area (Å²) in [7, 11) is 0. The lowest BCUT2D eigenvalue weighted by atomic mass is 9.97. The maximum atomic E-state index is 11.8. The second-order valence-corrected chi connectivity index (χ2v) is 4.17. The molecule has 2 N–H and O–H groups in total. The second-order valence-electron chi connectivity index (χ2n) is 4.17. The van der Waals surface area contributed by atoms with Crippen LogP contribution in [0.3, 0.4) is 0 Å². The summed E-state index contributed by atoms with van der Waals surface area (Å²) in [4.78, 5) is 11.8. The van der Waals surface area contributed by atoms with Crippen molar-refractivity contribution in [3.63, 3.8) is 0 Å². The molecule has 0 bridgehead atoms. The molecule has 14 heavy (non-hydrogen) atoms. The van der Waals surface area contributed by atoms with Crippen LogP contribution in [-0.2, 0) is 4.79 Å². The number of carbonyl (C=O) groups excluding carboxylic acids is 1. The molecule has 1 aliphatic heterocycles. The van der Waals surface area contributed by atoms with Gasteiger partial charge in [-0.2, -0.15) is 0 Å². The summed E-state index contributed by atoms with van der Waals surface area (Å²) in [6.07, 6.45) is 5.01. The topological polar surface area (TPSA) is 41.1 Å². The lowest BCUT2D eigenvalue weighted by Gasteiger charge is -2.22. The lowest BCUT2D eigenvalue weighted by Crippen LogP contribution is -2.44. The predicted octanol–water partition coefficient (Wildman–Crippen LogP) is 1.07. The van der Waals surface area contributed by atoms with Crippen LogP contribution in [0, 0.1) is 5.92 Å². The van der Waals surface area contributed by atoms with E-state index in [1.54, 1.807) is 0 Å². The molecule has 1 aliphatic rings. The quantitative estimate of drug-likeness (QED) is 0.649. The molecule has 0 aromatic heterocycles. The van der Waals surface area contributed by atoms with Crippen molar-refractivity contribution in [2.45, 2.75) is 39.3 Å².